The molecule has 0 aliphatic carbocycles. The van der Waals surface area contributed by atoms with Gasteiger partial charge in [0.25, 0.3) is 0 Å². The van der Waals surface area contributed by atoms with Gasteiger partial charge in [-0.15, -0.1) is 0 Å². The van der Waals surface area contributed by atoms with Gasteiger partial charge >= 0.3 is 0 Å². The van der Waals surface area contributed by atoms with Gasteiger partial charge in [-0.1, -0.05) is 6.58 Å². The summed E-state index contributed by atoms with van der Waals surface area (Å²) in [6.45, 7) is 5.16. The van der Waals surface area contributed by atoms with Crippen LogP contribution in [0.3, 0.4) is 0 Å². The SMILES string of the molecule is C=C(C)C(=C=O)OC. The summed E-state index contributed by atoms with van der Waals surface area (Å²) in [6, 6.07) is 0. The Morgan fingerprint density at radius 1 is 1.75 bits per heavy atom. The van der Waals surface area contributed by atoms with Crippen molar-refractivity contribution in [2.45, 2.75) is 6.92 Å². The molecule has 0 aromatic heterocycles. The third kappa shape index (κ3) is 1.63. The molecule has 0 heterocycles. The standard InChI is InChI=1S/C6H8O2/c1-5(2)6(4-7)8-3/h1H2,2-3H3. The molecule has 0 aromatic rings. The Balaban J connectivity index is 4.14. The van der Waals surface area contributed by atoms with E-state index in [1.807, 2.05) is 0 Å². The molecule has 0 fully saturated rings. The highest BCUT2D eigenvalue weighted by Gasteiger charge is 1.93. The van der Waals surface area contributed by atoms with Crippen molar-refractivity contribution in [3.8, 4) is 0 Å². The lowest BCUT2D eigenvalue weighted by Gasteiger charge is -1.95. The average molecular weight is 112 g/mol. The summed E-state index contributed by atoms with van der Waals surface area (Å²) in [7, 11) is 1.41. The van der Waals surface area contributed by atoms with Gasteiger partial charge in [0.2, 0.25) is 5.76 Å². The number of allylic oxidation sites excluding steroid dienone is 1. The molecule has 44 valence electrons. The molecule has 0 radical (unpaired) electrons. The number of methoxy groups -OCH3 is 1. The molecule has 0 N–H and O–H groups in total. The first-order valence-electron chi connectivity index (χ1n) is 2.17. The second kappa shape index (κ2) is 3.05. The number of carbonyl (C=O) groups excluding carboxylic acids is 1. The maximum atomic E-state index is 9.83. The lowest BCUT2D eigenvalue weighted by atomic mass is 10.3. The van der Waals surface area contributed by atoms with E-state index in [1.54, 1.807) is 12.9 Å². The number of hydrogen-bond acceptors (Lipinski definition) is 2. The molecular weight excluding hydrogens is 104 g/mol. The molecule has 0 saturated carbocycles. The predicted octanol–water partition coefficient (Wildman–Crippen LogP) is 0.924. The zero-order valence-electron chi connectivity index (χ0n) is 5.02. The summed E-state index contributed by atoms with van der Waals surface area (Å²) in [5, 5.41) is 0. The van der Waals surface area contributed by atoms with Crippen molar-refractivity contribution >= 4 is 5.94 Å². The second-order valence-electron chi connectivity index (χ2n) is 1.42. The molecule has 0 aromatic carbocycles. The monoisotopic (exact) mass is 112 g/mol. The minimum absolute atomic E-state index is 0.185. The molecule has 0 unspecified atom stereocenters. The van der Waals surface area contributed by atoms with Crippen LogP contribution in [0.25, 0.3) is 0 Å². The molecule has 0 aliphatic rings. The Morgan fingerprint density at radius 2 is 2.25 bits per heavy atom. The fourth-order valence-corrected chi connectivity index (χ4v) is 0.303. The first-order chi connectivity index (χ1) is 3.72. The van der Waals surface area contributed by atoms with Crippen LogP contribution in [0, 0.1) is 0 Å². The van der Waals surface area contributed by atoms with Gasteiger partial charge < -0.3 is 4.74 Å². The van der Waals surface area contributed by atoms with E-state index in [1.165, 1.54) is 7.11 Å². The average Bonchev–Trinajstić information content (AvgIpc) is 1.69. The molecule has 0 spiro atoms. The maximum Gasteiger partial charge on any atom is 0.205 e. The largest absolute Gasteiger partial charge is 0.486 e. The Kier molecular flexibility index (Phi) is 2.67. The van der Waals surface area contributed by atoms with Gasteiger partial charge in [-0.3, -0.25) is 0 Å². The van der Waals surface area contributed by atoms with Gasteiger partial charge in [0.15, 0.2) is 5.94 Å². The van der Waals surface area contributed by atoms with Gasteiger partial charge in [-0.25, -0.2) is 4.79 Å². The van der Waals surface area contributed by atoms with E-state index in [0.717, 1.165) is 0 Å². The van der Waals surface area contributed by atoms with Crippen LogP contribution in [0.5, 0.6) is 0 Å². The van der Waals surface area contributed by atoms with Crippen LogP contribution in [-0.4, -0.2) is 13.1 Å². The zero-order valence-corrected chi connectivity index (χ0v) is 5.02. The van der Waals surface area contributed by atoms with Crippen molar-refractivity contribution in [3.05, 3.63) is 17.9 Å². The lowest BCUT2D eigenvalue weighted by Crippen LogP contribution is -1.86. The molecule has 0 atom stereocenters. The van der Waals surface area contributed by atoms with Crippen LogP contribution >= 0.6 is 0 Å². The van der Waals surface area contributed by atoms with E-state index in [4.69, 9.17) is 0 Å². The smallest absolute Gasteiger partial charge is 0.205 e. The van der Waals surface area contributed by atoms with Crippen molar-refractivity contribution in [2.75, 3.05) is 7.11 Å². The topological polar surface area (TPSA) is 26.3 Å². The van der Waals surface area contributed by atoms with Crippen molar-refractivity contribution in [1.82, 2.24) is 0 Å². The third-order valence-corrected chi connectivity index (χ3v) is 0.684. The lowest BCUT2D eigenvalue weighted by molar-refractivity contribution is 0.304. The van der Waals surface area contributed by atoms with E-state index < -0.39 is 0 Å². The fraction of sp³-hybridized carbons (Fsp3) is 0.333. The van der Waals surface area contributed by atoms with Crippen molar-refractivity contribution in [2.24, 2.45) is 0 Å². The summed E-state index contributed by atoms with van der Waals surface area (Å²) in [5.41, 5.74) is 0.600. The fourth-order valence-electron chi connectivity index (χ4n) is 0.303. The molecule has 0 rings (SSSR count). The Labute approximate surface area is 48.5 Å². The molecule has 0 amide bonds. The van der Waals surface area contributed by atoms with E-state index >= 15 is 0 Å². The van der Waals surface area contributed by atoms with Gasteiger partial charge in [-0.05, 0) is 12.5 Å². The van der Waals surface area contributed by atoms with Gasteiger partial charge in [-0.2, -0.15) is 0 Å². The zero-order chi connectivity index (χ0) is 6.57. The Hall–Kier alpha value is -1.01. The van der Waals surface area contributed by atoms with E-state index in [0.29, 0.717) is 5.57 Å². The summed E-state index contributed by atoms with van der Waals surface area (Å²) in [6.07, 6.45) is 0. The number of hydrogen-bond donors (Lipinski definition) is 0. The maximum absolute atomic E-state index is 9.83. The van der Waals surface area contributed by atoms with Crippen LogP contribution < -0.4 is 0 Å². The predicted molar refractivity (Wildman–Crippen MR) is 31.0 cm³/mol. The van der Waals surface area contributed by atoms with Crippen LogP contribution in [-0.2, 0) is 9.53 Å². The quantitative estimate of drug-likeness (QED) is 0.301. The third-order valence-electron chi connectivity index (χ3n) is 0.684. The minimum atomic E-state index is 0.185. The van der Waals surface area contributed by atoms with Gasteiger partial charge in [0.05, 0.1) is 7.11 Å². The first-order valence-corrected chi connectivity index (χ1v) is 2.17. The minimum Gasteiger partial charge on any atom is -0.486 e. The summed E-state index contributed by atoms with van der Waals surface area (Å²) >= 11 is 0. The second-order valence-corrected chi connectivity index (χ2v) is 1.42. The highest BCUT2D eigenvalue weighted by atomic mass is 16.5. The summed E-state index contributed by atoms with van der Waals surface area (Å²) in [4.78, 5) is 9.83. The van der Waals surface area contributed by atoms with E-state index in [-0.39, 0.29) is 5.76 Å². The summed E-state index contributed by atoms with van der Waals surface area (Å²) in [5.74, 6) is 1.78. The number of ether oxygens (including phenoxy) is 1. The van der Waals surface area contributed by atoms with Gasteiger partial charge in [0.1, 0.15) is 0 Å². The van der Waals surface area contributed by atoms with Crippen molar-refractivity contribution in [3.63, 3.8) is 0 Å². The van der Waals surface area contributed by atoms with Crippen molar-refractivity contribution < 1.29 is 9.53 Å². The normalized spacial score (nSPS) is 7.25. The number of rotatable bonds is 2. The molecule has 2 heteroatoms. The van der Waals surface area contributed by atoms with Crippen LogP contribution in [0.15, 0.2) is 17.9 Å². The molecule has 0 saturated heterocycles. The highest BCUT2D eigenvalue weighted by Crippen LogP contribution is 2.00. The molecule has 0 bridgehead atoms. The van der Waals surface area contributed by atoms with Crippen LogP contribution in [0.2, 0.25) is 0 Å². The van der Waals surface area contributed by atoms with Crippen molar-refractivity contribution in [1.29, 1.82) is 0 Å². The van der Waals surface area contributed by atoms with E-state index in [9.17, 15) is 4.79 Å². The highest BCUT2D eigenvalue weighted by molar-refractivity contribution is 5.56. The van der Waals surface area contributed by atoms with E-state index in [2.05, 4.69) is 11.3 Å². The first kappa shape index (κ1) is 6.99. The molecule has 8 heavy (non-hydrogen) atoms. The Morgan fingerprint density at radius 3 is 2.25 bits per heavy atom. The van der Waals surface area contributed by atoms with Crippen LogP contribution in [0.1, 0.15) is 6.92 Å². The molecule has 2 nitrogen and oxygen atoms in total. The van der Waals surface area contributed by atoms with Crippen LogP contribution in [0.4, 0.5) is 0 Å². The molecular formula is C6H8O2. The van der Waals surface area contributed by atoms with Gasteiger partial charge in [0, 0.05) is 0 Å². The Bertz CT molecular complexity index is 141. The molecule has 0 aliphatic heterocycles. The summed E-state index contributed by atoms with van der Waals surface area (Å²) < 4.78 is 4.55.